The molecule has 0 unspecified atom stereocenters. The topological polar surface area (TPSA) is 35.5 Å². The average molecular weight is 380 g/mol. The van der Waals surface area contributed by atoms with E-state index in [4.69, 9.17) is 9.47 Å². The number of carbonyl (C=O) groups is 1. The molecule has 1 aromatic carbocycles. The van der Waals surface area contributed by atoms with Gasteiger partial charge in [0.2, 0.25) is 0 Å². The monoisotopic (exact) mass is 378 g/mol. The molecule has 0 saturated heterocycles. The van der Waals surface area contributed by atoms with E-state index in [9.17, 15) is 4.79 Å². The molecular formula is C13H16Br2O3. The number of aldehydes is 1. The summed E-state index contributed by atoms with van der Waals surface area (Å²) in [5.41, 5.74) is 0.595. The number of hydrogen-bond acceptors (Lipinski definition) is 3. The van der Waals surface area contributed by atoms with E-state index in [2.05, 4.69) is 45.7 Å². The fourth-order valence-corrected chi connectivity index (χ4v) is 2.76. The summed E-state index contributed by atoms with van der Waals surface area (Å²) in [6, 6.07) is 3.45. The second kappa shape index (κ2) is 7.92. The van der Waals surface area contributed by atoms with Crippen molar-refractivity contribution in [3.8, 4) is 5.75 Å². The molecule has 0 aliphatic heterocycles. The van der Waals surface area contributed by atoms with E-state index in [0.717, 1.165) is 21.8 Å². The van der Waals surface area contributed by atoms with Crippen molar-refractivity contribution in [3.63, 3.8) is 0 Å². The van der Waals surface area contributed by atoms with Crippen LogP contribution in [0, 0.1) is 5.92 Å². The Kier molecular flexibility index (Phi) is 6.89. The van der Waals surface area contributed by atoms with Gasteiger partial charge in [0.05, 0.1) is 15.6 Å². The molecule has 0 aliphatic carbocycles. The van der Waals surface area contributed by atoms with Gasteiger partial charge in [-0.05, 0) is 49.9 Å². The standard InChI is InChI=1S/C13H16Br2O3/c1-9(2)8-17-3-4-18-13-11(14)5-10(7-16)6-12(13)15/h5-7,9H,3-4,8H2,1-2H3. The first-order chi connectivity index (χ1) is 8.54. The second-order valence-electron chi connectivity index (χ2n) is 4.25. The normalized spacial score (nSPS) is 10.7. The molecule has 0 radical (unpaired) electrons. The molecule has 0 spiro atoms. The van der Waals surface area contributed by atoms with Crippen molar-refractivity contribution in [1.29, 1.82) is 0 Å². The molecule has 0 amide bonds. The molecular weight excluding hydrogens is 364 g/mol. The highest BCUT2D eigenvalue weighted by Gasteiger charge is 2.08. The molecule has 0 fully saturated rings. The fourth-order valence-electron chi connectivity index (χ4n) is 1.31. The van der Waals surface area contributed by atoms with Crippen LogP contribution in [0.1, 0.15) is 24.2 Å². The summed E-state index contributed by atoms with van der Waals surface area (Å²) in [6.45, 7) is 5.96. The zero-order valence-corrected chi connectivity index (χ0v) is 13.6. The number of halogens is 2. The van der Waals surface area contributed by atoms with Crippen LogP contribution in [-0.2, 0) is 4.74 Å². The number of benzene rings is 1. The lowest BCUT2D eigenvalue weighted by atomic mass is 10.2. The van der Waals surface area contributed by atoms with Crippen LogP contribution in [0.25, 0.3) is 0 Å². The highest BCUT2D eigenvalue weighted by atomic mass is 79.9. The Morgan fingerprint density at radius 2 is 1.83 bits per heavy atom. The molecule has 0 aliphatic rings. The quantitative estimate of drug-likeness (QED) is 0.529. The molecule has 5 heteroatoms. The van der Waals surface area contributed by atoms with Gasteiger partial charge < -0.3 is 9.47 Å². The van der Waals surface area contributed by atoms with Gasteiger partial charge in [-0.3, -0.25) is 4.79 Å². The van der Waals surface area contributed by atoms with E-state index >= 15 is 0 Å². The maximum atomic E-state index is 10.7. The lowest BCUT2D eigenvalue weighted by molar-refractivity contribution is 0.0815. The first-order valence-electron chi connectivity index (χ1n) is 5.69. The molecule has 3 nitrogen and oxygen atoms in total. The molecule has 0 aromatic heterocycles. The van der Waals surface area contributed by atoms with Gasteiger partial charge in [0, 0.05) is 12.2 Å². The van der Waals surface area contributed by atoms with Crippen molar-refractivity contribution in [2.45, 2.75) is 13.8 Å². The maximum Gasteiger partial charge on any atom is 0.150 e. The van der Waals surface area contributed by atoms with Crippen LogP contribution in [0.4, 0.5) is 0 Å². The Balaban J connectivity index is 2.49. The average Bonchev–Trinajstić information content (AvgIpc) is 2.31. The Hall–Kier alpha value is -0.390. The summed E-state index contributed by atoms with van der Waals surface area (Å²) in [5, 5.41) is 0. The molecule has 18 heavy (non-hydrogen) atoms. The van der Waals surface area contributed by atoms with Crippen LogP contribution >= 0.6 is 31.9 Å². The summed E-state index contributed by atoms with van der Waals surface area (Å²) >= 11 is 6.75. The zero-order chi connectivity index (χ0) is 13.5. The lowest BCUT2D eigenvalue weighted by Crippen LogP contribution is -2.10. The smallest absolute Gasteiger partial charge is 0.150 e. The molecule has 1 rings (SSSR count). The van der Waals surface area contributed by atoms with Gasteiger partial charge in [-0.15, -0.1) is 0 Å². The number of rotatable bonds is 7. The van der Waals surface area contributed by atoms with Crippen LogP contribution in [-0.4, -0.2) is 26.1 Å². The third-order valence-electron chi connectivity index (χ3n) is 2.08. The van der Waals surface area contributed by atoms with Gasteiger partial charge in [0.15, 0.2) is 0 Å². The van der Waals surface area contributed by atoms with Crippen LogP contribution in [0.3, 0.4) is 0 Å². The molecule has 0 atom stereocenters. The summed E-state index contributed by atoms with van der Waals surface area (Å²) in [7, 11) is 0. The minimum Gasteiger partial charge on any atom is -0.489 e. The first-order valence-corrected chi connectivity index (χ1v) is 7.28. The minimum atomic E-state index is 0.477. The Morgan fingerprint density at radius 1 is 1.22 bits per heavy atom. The molecule has 0 heterocycles. The van der Waals surface area contributed by atoms with Crippen molar-refractivity contribution in [3.05, 3.63) is 26.6 Å². The van der Waals surface area contributed by atoms with Crippen molar-refractivity contribution in [2.75, 3.05) is 19.8 Å². The van der Waals surface area contributed by atoms with Crippen molar-refractivity contribution in [1.82, 2.24) is 0 Å². The molecule has 0 saturated carbocycles. The van der Waals surface area contributed by atoms with Crippen LogP contribution < -0.4 is 4.74 Å². The fraction of sp³-hybridized carbons (Fsp3) is 0.462. The van der Waals surface area contributed by atoms with Crippen molar-refractivity contribution < 1.29 is 14.3 Å². The van der Waals surface area contributed by atoms with Crippen LogP contribution in [0.15, 0.2) is 21.1 Å². The Morgan fingerprint density at radius 3 is 2.33 bits per heavy atom. The number of carbonyl (C=O) groups excluding carboxylic acids is 1. The molecule has 0 N–H and O–H groups in total. The van der Waals surface area contributed by atoms with Crippen LogP contribution in [0.5, 0.6) is 5.75 Å². The highest BCUT2D eigenvalue weighted by Crippen LogP contribution is 2.34. The van der Waals surface area contributed by atoms with E-state index in [1.807, 2.05) is 0 Å². The lowest BCUT2D eigenvalue weighted by Gasteiger charge is -2.12. The Bertz CT molecular complexity index is 382. The second-order valence-corrected chi connectivity index (χ2v) is 5.96. The summed E-state index contributed by atoms with van der Waals surface area (Å²) in [6.07, 6.45) is 0.797. The SMILES string of the molecule is CC(C)COCCOc1c(Br)cc(C=O)cc1Br. The third kappa shape index (κ3) is 5.08. The van der Waals surface area contributed by atoms with E-state index < -0.39 is 0 Å². The summed E-state index contributed by atoms with van der Waals surface area (Å²) in [4.78, 5) is 10.7. The van der Waals surface area contributed by atoms with Gasteiger partial charge >= 0.3 is 0 Å². The van der Waals surface area contributed by atoms with Gasteiger partial charge in [0.1, 0.15) is 18.6 Å². The van der Waals surface area contributed by atoms with Crippen molar-refractivity contribution >= 4 is 38.1 Å². The number of ether oxygens (including phenoxy) is 2. The van der Waals surface area contributed by atoms with E-state index in [0.29, 0.717) is 30.4 Å². The third-order valence-corrected chi connectivity index (χ3v) is 3.26. The molecule has 0 bridgehead atoms. The van der Waals surface area contributed by atoms with Gasteiger partial charge in [-0.2, -0.15) is 0 Å². The van der Waals surface area contributed by atoms with Gasteiger partial charge in [-0.1, -0.05) is 13.8 Å². The predicted octanol–water partition coefficient (Wildman–Crippen LogP) is 4.08. The minimum absolute atomic E-state index is 0.477. The van der Waals surface area contributed by atoms with Crippen LogP contribution in [0.2, 0.25) is 0 Å². The summed E-state index contributed by atoms with van der Waals surface area (Å²) in [5.74, 6) is 1.21. The Labute approximate surface area is 124 Å². The van der Waals surface area contributed by atoms with Gasteiger partial charge in [-0.25, -0.2) is 0 Å². The molecule has 100 valence electrons. The van der Waals surface area contributed by atoms with E-state index in [1.54, 1.807) is 12.1 Å². The first kappa shape index (κ1) is 15.7. The largest absolute Gasteiger partial charge is 0.489 e. The predicted molar refractivity (Wildman–Crippen MR) is 78.4 cm³/mol. The zero-order valence-electron chi connectivity index (χ0n) is 10.4. The van der Waals surface area contributed by atoms with Crippen molar-refractivity contribution in [2.24, 2.45) is 5.92 Å². The van der Waals surface area contributed by atoms with Gasteiger partial charge in [0.25, 0.3) is 0 Å². The maximum absolute atomic E-state index is 10.7. The molecule has 1 aromatic rings. The number of hydrogen-bond donors (Lipinski definition) is 0. The summed E-state index contributed by atoms with van der Waals surface area (Å²) < 4.78 is 12.5. The van der Waals surface area contributed by atoms with E-state index in [1.165, 1.54) is 0 Å². The highest BCUT2D eigenvalue weighted by molar-refractivity contribution is 9.11. The van der Waals surface area contributed by atoms with E-state index in [-0.39, 0.29) is 0 Å².